The Kier molecular flexibility index (Phi) is 8.14. The predicted octanol–water partition coefficient (Wildman–Crippen LogP) is 1.91. The van der Waals surface area contributed by atoms with E-state index in [0.717, 1.165) is 45.3 Å². The first-order chi connectivity index (χ1) is 14.8. The Morgan fingerprint density at radius 1 is 1.10 bits per heavy atom. The lowest BCUT2D eigenvalue weighted by atomic mass is 10.1. The number of carboxylic acids is 1. The van der Waals surface area contributed by atoms with Crippen LogP contribution in [-0.4, -0.2) is 97.3 Å². The van der Waals surface area contributed by atoms with Gasteiger partial charge in [-0.25, -0.2) is 19.2 Å². The zero-order valence-corrected chi connectivity index (χ0v) is 18.6. The van der Waals surface area contributed by atoms with Gasteiger partial charge in [0.25, 0.3) is 0 Å². The molecule has 2 aliphatic heterocycles. The lowest BCUT2D eigenvalue weighted by Crippen LogP contribution is -2.45. The first-order valence-corrected chi connectivity index (χ1v) is 10.6. The van der Waals surface area contributed by atoms with E-state index in [-0.39, 0.29) is 16.3 Å². The summed E-state index contributed by atoms with van der Waals surface area (Å²) in [5, 5.41) is 12.8. The molecular weight excluding hydrogens is 423 g/mol. The van der Waals surface area contributed by atoms with Crippen LogP contribution < -0.4 is 10.2 Å². The standard InChI is InChI=1S/C16H16ClFN4O2.C5H12N2/c1-21-4-6-22(7-5-21)16-19-9-12(15(23)24)14(20-16)11-3-2-10(18)8-13(11)17;1-7-4-2-6-3-5-7/h2-3,8-9H,4-7H2,1H3,(H,23,24);6H,2-5H2,1H3. The number of nitrogens with zero attached hydrogens (tertiary/aromatic N) is 5. The summed E-state index contributed by atoms with van der Waals surface area (Å²) in [4.78, 5) is 26.6. The molecule has 31 heavy (non-hydrogen) atoms. The molecule has 0 atom stereocenters. The Labute approximate surface area is 186 Å². The molecule has 168 valence electrons. The van der Waals surface area contributed by atoms with E-state index in [1.807, 2.05) is 11.9 Å². The normalized spacial score (nSPS) is 17.7. The lowest BCUT2D eigenvalue weighted by Gasteiger charge is -2.32. The fourth-order valence-electron chi connectivity index (χ4n) is 3.35. The van der Waals surface area contributed by atoms with E-state index < -0.39 is 11.8 Å². The molecule has 3 heterocycles. The average Bonchev–Trinajstić information content (AvgIpc) is 2.75. The van der Waals surface area contributed by atoms with E-state index in [1.165, 1.54) is 31.4 Å². The molecule has 1 aromatic carbocycles. The highest BCUT2D eigenvalue weighted by Gasteiger charge is 2.22. The Hall–Kier alpha value is -2.33. The Morgan fingerprint density at radius 3 is 2.29 bits per heavy atom. The zero-order valence-electron chi connectivity index (χ0n) is 17.8. The van der Waals surface area contributed by atoms with Gasteiger partial charge in [-0.2, -0.15) is 0 Å². The molecule has 2 aliphatic rings. The number of benzene rings is 1. The fraction of sp³-hybridized carbons (Fsp3) is 0.476. The van der Waals surface area contributed by atoms with E-state index in [4.69, 9.17) is 11.6 Å². The first-order valence-electron chi connectivity index (χ1n) is 10.2. The van der Waals surface area contributed by atoms with Gasteiger partial charge in [0.2, 0.25) is 5.95 Å². The summed E-state index contributed by atoms with van der Waals surface area (Å²) in [7, 11) is 4.19. The second kappa shape index (κ2) is 10.8. The smallest absolute Gasteiger partial charge is 0.339 e. The Balaban J connectivity index is 0.000000330. The fourth-order valence-corrected chi connectivity index (χ4v) is 3.61. The largest absolute Gasteiger partial charge is 0.478 e. The number of carboxylic acid groups (broad SMARTS) is 1. The highest BCUT2D eigenvalue weighted by Crippen LogP contribution is 2.30. The Morgan fingerprint density at radius 2 is 1.74 bits per heavy atom. The molecule has 10 heteroatoms. The SMILES string of the molecule is CN1CCN(c2ncc(C(=O)O)c(-c3ccc(F)cc3Cl)n2)CC1.CN1CCNCC1. The van der Waals surface area contributed by atoms with Crippen molar-refractivity contribution < 1.29 is 14.3 Å². The summed E-state index contributed by atoms with van der Waals surface area (Å²) in [6, 6.07) is 3.80. The molecule has 0 amide bonds. The summed E-state index contributed by atoms with van der Waals surface area (Å²) < 4.78 is 13.3. The van der Waals surface area contributed by atoms with Crippen LogP contribution in [0.2, 0.25) is 5.02 Å². The maximum absolute atomic E-state index is 13.3. The van der Waals surface area contributed by atoms with Gasteiger partial charge in [0.05, 0.1) is 10.7 Å². The summed E-state index contributed by atoms with van der Waals surface area (Å²) in [5.41, 5.74) is 0.492. The number of hydrogen-bond donors (Lipinski definition) is 2. The van der Waals surface area contributed by atoms with E-state index in [1.54, 1.807) is 0 Å². The van der Waals surface area contributed by atoms with Crippen molar-refractivity contribution in [2.24, 2.45) is 0 Å². The summed E-state index contributed by atoms with van der Waals surface area (Å²) >= 11 is 6.08. The van der Waals surface area contributed by atoms with Gasteiger partial charge in [0, 0.05) is 64.1 Å². The third kappa shape index (κ3) is 6.33. The van der Waals surface area contributed by atoms with Gasteiger partial charge in [0.1, 0.15) is 11.4 Å². The van der Waals surface area contributed by atoms with Crippen molar-refractivity contribution in [3.05, 3.63) is 40.8 Å². The average molecular weight is 451 g/mol. The van der Waals surface area contributed by atoms with Crippen LogP contribution in [0.3, 0.4) is 0 Å². The van der Waals surface area contributed by atoms with Crippen molar-refractivity contribution in [3.8, 4) is 11.3 Å². The van der Waals surface area contributed by atoms with Crippen LogP contribution in [-0.2, 0) is 0 Å². The molecule has 2 fully saturated rings. The summed E-state index contributed by atoms with van der Waals surface area (Å²) in [6.45, 7) is 7.99. The molecule has 4 rings (SSSR count). The second-order valence-electron chi connectivity index (χ2n) is 7.71. The van der Waals surface area contributed by atoms with E-state index in [2.05, 4.69) is 32.1 Å². The number of hydrogen-bond acceptors (Lipinski definition) is 7. The lowest BCUT2D eigenvalue weighted by molar-refractivity contribution is 0.0697. The van der Waals surface area contributed by atoms with E-state index in [9.17, 15) is 14.3 Å². The van der Waals surface area contributed by atoms with Gasteiger partial charge in [-0.15, -0.1) is 0 Å². The number of likely N-dealkylation sites (N-methyl/N-ethyl adjacent to an activating group) is 2. The molecule has 0 saturated carbocycles. The molecule has 0 bridgehead atoms. The summed E-state index contributed by atoms with van der Waals surface area (Å²) in [5.74, 6) is -1.20. The third-order valence-electron chi connectivity index (χ3n) is 5.32. The number of anilines is 1. The molecule has 2 saturated heterocycles. The van der Waals surface area contributed by atoms with Crippen LogP contribution in [0.15, 0.2) is 24.4 Å². The number of aromatic nitrogens is 2. The molecule has 8 nitrogen and oxygen atoms in total. The van der Waals surface area contributed by atoms with Crippen molar-refractivity contribution in [2.45, 2.75) is 0 Å². The van der Waals surface area contributed by atoms with Crippen LogP contribution in [0, 0.1) is 5.82 Å². The van der Waals surface area contributed by atoms with E-state index in [0.29, 0.717) is 11.5 Å². The number of piperazine rings is 2. The minimum atomic E-state index is -1.16. The number of aromatic carboxylic acids is 1. The molecule has 0 radical (unpaired) electrons. The predicted molar refractivity (Wildman–Crippen MR) is 119 cm³/mol. The Bertz CT molecular complexity index is 901. The molecule has 2 N–H and O–H groups in total. The molecule has 0 spiro atoms. The maximum atomic E-state index is 13.3. The van der Waals surface area contributed by atoms with Crippen LogP contribution in [0.1, 0.15) is 10.4 Å². The quantitative estimate of drug-likeness (QED) is 0.733. The summed E-state index contributed by atoms with van der Waals surface area (Å²) in [6.07, 6.45) is 1.28. The molecular formula is C21H28ClFN6O2. The topological polar surface area (TPSA) is 84.8 Å². The minimum absolute atomic E-state index is 0.0682. The maximum Gasteiger partial charge on any atom is 0.339 e. The van der Waals surface area contributed by atoms with Gasteiger partial charge in [0.15, 0.2) is 0 Å². The number of halogens is 2. The van der Waals surface area contributed by atoms with Crippen LogP contribution in [0.5, 0.6) is 0 Å². The van der Waals surface area contributed by atoms with Gasteiger partial charge >= 0.3 is 5.97 Å². The van der Waals surface area contributed by atoms with Crippen LogP contribution in [0.4, 0.5) is 10.3 Å². The highest BCUT2D eigenvalue weighted by atomic mass is 35.5. The van der Waals surface area contributed by atoms with Crippen LogP contribution in [0.25, 0.3) is 11.3 Å². The van der Waals surface area contributed by atoms with Gasteiger partial charge in [-0.3, -0.25) is 0 Å². The van der Waals surface area contributed by atoms with Crippen LogP contribution >= 0.6 is 11.6 Å². The monoisotopic (exact) mass is 450 g/mol. The van der Waals surface area contributed by atoms with Gasteiger partial charge < -0.3 is 25.1 Å². The third-order valence-corrected chi connectivity index (χ3v) is 5.63. The number of carbonyl (C=O) groups is 1. The molecule has 0 aliphatic carbocycles. The van der Waals surface area contributed by atoms with Crippen molar-refractivity contribution in [2.75, 3.05) is 71.4 Å². The van der Waals surface area contributed by atoms with Gasteiger partial charge in [-0.05, 0) is 32.3 Å². The van der Waals surface area contributed by atoms with Crippen molar-refractivity contribution in [1.29, 1.82) is 0 Å². The number of rotatable bonds is 3. The first kappa shape index (κ1) is 23.3. The molecule has 1 aromatic heterocycles. The highest BCUT2D eigenvalue weighted by molar-refractivity contribution is 6.33. The van der Waals surface area contributed by atoms with Gasteiger partial charge in [-0.1, -0.05) is 11.6 Å². The van der Waals surface area contributed by atoms with Crippen molar-refractivity contribution >= 4 is 23.5 Å². The van der Waals surface area contributed by atoms with E-state index >= 15 is 0 Å². The molecule has 2 aromatic rings. The second-order valence-corrected chi connectivity index (χ2v) is 8.11. The zero-order chi connectivity index (χ0) is 22.4. The molecule has 0 unspecified atom stereocenters. The minimum Gasteiger partial charge on any atom is -0.478 e. The van der Waals surface area contributed by atoms with Crippen molar-refractivity contribution in [1.82, 2.24) is 25.1 Å². The van der Waals surface area contributed by atoms with Crippen molar-refractivity contribution in [3.63, 3.8) is 0 Å². The number of nitrogens with one attached hydrogen (secondary N) is 1.